The van der Waals surface area contributed by atoms with Crippen molar-refractivity contribution in [3.8, 4) is 0 Å². The Bertz CT molecular complexity index is 2260. The number of aliphatic carboxylic acids is 2. The van der Waals surface area contributed by atoms with Crippen LogP contribution >= 0.6 is 0 Å². The predicted octanol–water partition coefficient (Wildman–Crippen LogP) is -1.03. The van der Waals surface area contributed by atoms with Crippen LogP contribution < -0.4 is 17.0 Å². The summed E-state index contributed by atoms with van der Waals surface area (Å²) >= 11 is 0. The van der Waals surface area contributed by atoms with E-state index in [1.54, 1.807) is 0 Å². The number of nitrogens with one attached hydrogen (secondary N) is 1. The predicted molar refractivity (Wildman–Crippen MR) is 244 cm³/mol. The molecule has 1 aromatic heterocycles. The molecular weight excluding hydrogens is 967 g/mol. The van der Waals surface area contributed by atoms with Gasteiger partial charge in [0.2, 0.25) is 5.91 Å². The highest BCUT2D eigenvalue weighted by molar-refractivity contribution is 7.80. The number of likely N-dealkylation sites (N-methyl/N-ethyl adjacent to an activating group) is 2. The molecule has 4 rings (SSSR count). The second-order valence-corrected chi connectivity index (χ2v) is 18.9. The molecule has 0 bridgehead atoms. The van der Waals surface area contributed by atoms with Gasteiger partial charge in [-0.05, 0) is 51.5 Å². The minimum atomic E-state index is -5.37. The molecule has 0 unspecified atom stereocenters. The Hall–Kier alpha value is -4.94. The topological polar surface area (TPSA) is 384 Å². The Morgan fingerprint density at radius 2 is 1.61 bits per heavy atom. The molecule has 0 aromatic carbocycles. The molecule has 14 atom stereocenters. The fourth-order valence-corrected chi connectivity index (χ4v) is 9.11. The molecular formula is C44H67N5O21S. The molecule has 1 amide bonds. The number of ether oxygens (including phenoxy) is 5. The van der Waals surface area contributed by atoms with Crippen molar-refractivity contribution < 1.29 is 90.3 Å². The van der Waals surface area contributed by atoms with Gasteiger partial charge >= 0.3 is 40.0 Å². The number of nitrogens with two attached hydrogens (primary N) is 1. The third kappa shape index (κ3) is 16.8. The third-order valence-corrected chi connectivity index (χ3v) is 12.6. The molecule has 0 aliphatic carbocycles. The van der Waals surface area contributed by atoms with E-state index in [1.807, 2.05) is 17.1 Å². The molecule has 3 fully saturated rings. The molecule has 0 radical (unpaired) electrons. The van der Waals surface area contributed by atoms with Gasteiger partial charge in [-0.1, -0.05) is 51.0 Å². The lowest BCUT2D eigenvalue weighted by Gasteiger charge is -2.38. The normalized spacial score (nSPS) is 28.8. The number of rotatable bonds is 27. The number of allylic oxidation sites excluding steroid dienone is 4. The van der Waals surface area contributed by atoms with E-state index in [4.69, 9.17) is 29.4 Å². The molecule has 3 aliphatic heterocycles. The van der Waals surface area contributed by atoms with Crippen LogP contribution in [0.15, 0.2) is 46.2 Å². The lowest BCUT2D eigenvalue weighted by Crippen LogP contribution is -2.60. The molecule has 71 heavy (non-hydrogen) atoms. The SMILES string of the molecule is CCCCC/C=C/C/C=C/CCC[C@H](CC(=O)O[C@H]1CN(C)[C@@H]([C@H](O[C@@H]2O[C@H](CN)[C@H](O)[C@H]2OS(=O)(=O)O)[C@H]2O[C@@H](n3ccc(=O)[nH]c3=O)[C@H](O)[C@H]2O)C(=O)N(C)[C@H]1C(=O)O)OC(=O)C[C@@H](C)CC(=O)O. The molecule has 0 spiro atoms. The Morgan fingerprint density at radius 3 is 2.21 bits per heavy atom. The fraction of sp³-hybridized carbons (Fsp3) is 0.705. The first kappa shape index (κ1) is 58.6. The Morgan fingerprint density at radius 1 is 0.930 bits per heavy atom. The second kappa shape index (κ2) is 27.2. The summed E-state index contributed by atoms with van der Waals surface area (Å²) in [5, 5.41) is 53.4. The largest absolute Gasteiger partial charge is 0.481 e. The van der Waals surface area contributed by atoms with Crippen LogP contribution in [0.4, 0.5) is 0 Å². The van der Waals surface area contributed by atoms with Crippen molar-refractivity contribution in [3.05, 3.63) is 57.4 Å². The van der Waals surface area contributed by atoms with E-state index in [2.05, 4.69) is 23.3 Å². The highest BCUT2D eigenvalue weighted by atomic mass is 32.3. The number of hydrogen-bond acceptors (Lipinski definition) is 20. The molecule has 9 N–H and O–H groups in total. The smallest absolute Gasteiger partial charge is 0.397 e. The first-order valence-corrected chi connectivity index (χ1v) is 24.6. The summed E-state index contributed by atoms with van der Waals surface area (Å²) in [6.45, 7) is 2.57. The summed E-state index contributed by atoms with van der Waals surface area (Å²) < 4.78 is 67.9. The van der Waals surface area contributed by atoms with Gasteiger partial charge in [0.25, 0.3) is 5.56 Å². The monoisotopic (exact) mass is 1030 g/mol. The van der Waals surface area contributed by atoms with E-state index in [1.165, 1.54) is 14.0 Å². The molecule has 0 saturated carbocycles. The first-order chi connectivity index (χ1) is 33.5. The van der Waals surface area contributed by atoms with Gasteiger partial charge < -0.3 is 59.9 Å². The van der Waals surface area contributed by atoms with Crippen molar-refractivity contribution >= 4 is 40.2 Å². The molecule has 3 saturated heterocycles. The minimum Gasteiger partial charge on any atom is -0.481 e. The van der Waals surface area contributed by atoms with Gasteiger partial charge in [0.1, 0.15) is 54.9 Å². The fourth-order valence-electron chi connectivity index (χ4n) is 8.63. The maximum Gasteiger partial charge on any atom is 0.397 e. The van der Waals surface area contributed by atoms with Crippen molar-refractivity contribution in [2.45, 2.75) is 164 Å². The zero-order chi connectivity index (χ0) is 52.7. The minimum absolute atomic E-state index is 0.144. The molecule has 26 nitrogen and oxygen atoms in total. The average Bonchev–Trinajstić information content (AvgIpc) is 3.69. The quantitative estimate of drug-likeness (QED) is 0.0226. The van der Waals surface area contributed by atoms with E-state index in [-0.39, 0.29) is 19.3 Å². The summed E-state index contributed by atoms with van der Waals surface area (Å²) in [7, 11) is -3.08. The summed E-state index contributed by atoms with van der Waals surface area (Å²) in [4.78, 5) is 94.2. The lowest BCUT2D eigenvalue weighted by molar-refractivity contribution is -0.230. The van der Waals surface area contributed by atoms with Gasteiger partial charge in [0.15, 0.2) is 24.7 Å². The van der Waals surface area contributed by atoms with E-state index in [9.17, 15) is 72.1 Å². The van der Waals surface area contributed by atoms with Crippen LogP contribution in [0.25, 0.3) is 0 Å². The van der Waals surface area contributed by atoms with E-state index in [0.717, 1.165) is 49.9 Å². The molecule has 4 heterocycles. The molecule has 27 heteroatoms. The maximum absolute atomic E-state index is 14.7. The average molecular weight is 1030 g/mol. The third-order valence-electron chi connectivity index (χ3n) is 12.1. The number of unbranched alkanes of at least 4 members (excludes halogenated alkanes) is 4. The Balaban J connectivity index is 1.64. The number of aromatic nitrogens is 2. The van der Waals surface area contributed by atoms with Crippen LogP contribution in [0.5, 0.6) is 0 Å². The summed E-state index contributed by atoms with van der Waals surface area (Å²) in [6, 6.07) is -2.91. The van der Waals surface area contributed by atoms with Gasteiger partial charge in [0.05, 0.1) is 6.42 Å². The number of H-pyrrole nitrogens is 1. The zero-order valence-electron chi connectivity index (χ0n) is 39.9. The summed E-state index contributed by atoms with van der Waals surface area (Å²) in [5.74, 6) is -6.37. The van der Waals surface area contributed by atoms with Gasteiger partial charge in [-0.3, -0.25) is 43.0 Å². The van der Waals surface area contributed by atoms with E-state index >= 15 is 0 Å². The van der Waals surface area contributed by atoms with E-state index < -0.39 is 156 Å². The number of carboxylic acids is 2. The summed E-state index contributed by atoms with van der Waals surface area (Å²) in [6.07, 6.45) is -6.26. The standard InChI is InChI=1S/C44H67N5O21S/c1-5-6-7-8-9-10-11-12-13-14-15-16-25(65-30(53)20-24(2)19-29(51)52)21-31(54)66-27-23-47(3)33(40(58)48(4)32(27)42(59)60)37(69-43-39(70-71(62,63)64)34(55)26(22-45)67-43)38-35(56)36(57)41(68-38)49-18-17-28(50)46-44(49)61/h9-10,12-13,17-18,24-27,32-39,41,43,55-57H,5-8,11,14-16,19-23,45H2,1-4H3,(H,51,52)(H,59,60)(H,46,50,61)(H,62,63,64)/b10-9+,13-12+/t24-,25+,26+,27-,32+,33-,34-,35+,36+,37-,38-,39+,41+,43-/m0/s1. The van der Waals surface area contributed by atoms with Crippen LogP contribution in [-0.4, -0.2) is 188 Å². The number of nitrogens with zero attached hydrogens (tertiary/aromatic N) is 3. The van der Waals surface area contributed by atoms with Crippen LogP contribution in [-0.2, 0) is 62.2 Å². The molecule has 1 aromatic rings. The van der Waals surface area contributed by atoms with Crippen molar-refractivity contribution in [3.63, 3.8) is 0 Å². The zero-order valence-corrected chi connectivity index (χ0v) is 40.7. The number of esters is 2. The Kier molecular flexibility index (Phi) is 22.5. The van der Waals surface area contributed by atoms with Crippen molar-refractivity contribution in [2.75, 3.05) is 27.2 Å². The van der Waals surface area contributed by atoms with E-state index in [0.29, 0.717) is 28.7 Å². The number of carbonyl (C=O) groups excluding carboxylic acids is 3. The van der Waals surface area contributed by atoms with Crippen molar-refractivity contribution in [1.29, 1.82) is 0 Å². The number of aliphatic hydroxyl groups excluding tert-OH is 3. The van der Waals surface area contributed by atoms with Crippen molar-refractivity contribution in [1.82, 2.24) is 19.4 Å². The van der Waals surface area contributed by atoms with Gasteiger partial charge in [-0.25, -0.2) is 13.8 Å². The number of carboxylic acid groups (broad SMARTS) is 2. The number of hydrogen-bond donors (Lipinski definition) is 8. The number of aliphatic hydroxyl groups is 3. The maximum atomic E-state index is 14.7. The summed E-state index contributed by atoms with van der Waals surface area (Å²) in [5.41, 5.74) is 3.78. The van der Waals surface area contributed by atoms with Crippen LogP contribution in [0.1, 0.15) is 90.7 Å². The second-order valence-electron chi connectivity index (χ2n) is 17.8. The number of carbonyl (C=O) groups is 5. The van der Waals surface area contributed by atoms with Gasteiger partial charge in [0, 0.05) is 45.2 Å². The van der Waals surface area contributed by atoms with Crippen LogP contribution in [0.3, 0.4) is 0 Å². The Labute approximate surface area is 409 Å². The van der Waals surface area contributed by atoms with Gasteiger partial charge in [-0.2, -0.15) is 8.42 Å². The number of aromatic amines is 1. The van der Waals surface area contributed by atoms with Crippen LogP contribution in [0.2, 0.25) is 0 Å². The number of amides is 1. The highest BCUT2D eigenvalue weighted by Crippen LogP contribution is 2.37. The van der Waals surface area contributed by atoms with Gasteiger partial charge in [-0.15, -0.1) is 0 Å². The van der Waals surface area contributed by atoms with Crippen LogP contribution in [0, 0.1) is 5.92 Å². The van der Waals surface area contributed by atoms with Crippen molar-refractivity contribution in [2.24, 2.45) is 11.7 Å². The highest BCUT2D eigenvalue weighted by Gasteiger charge is 2.58. The lowest BCUT2D eigenvalue weighted by atomic mass is 9.97. The first-order valence-electron chi connectivity index (χ1n) is 23.3. The molecule has 3 aliphatic rings. The molecule has 400 valence electrons.